The number of carbonyl (C=O) groups excluding carboxylic acids is 1. The van der Waals surface area contributed by atoms with E-state index in [-0.39, 0.29) is 0 Å². The summed E-state index contributed by atoms with van der Waals surface area (Å²) >= 11 is 0. The van der Waals surface area contributed by atoms with Crippen LogP contribution in [0.4, 0.5) is 4.79 Å². The van der Waals surface area contributed by atoms with Gasteiger partial charge in [-0.3, -0.25) is 4.79 Å². The molecule has 0 unspecified atom stereocenters. The highest BCUT2D eigenvalue weighted by Crippen LogP contribution is 1.97. The lowest BCUT2D eigenvalue weighted by molar-refractivity contribution is -0.145. The zero-order chi connectivity index (χ0) is 14.0. The van der Waals surface area contributed by atoms with Crippen LogP contribution in [0.15, 0.2) is 0 Å². The Kier molecular flexibility index (Phi) is 8.34. The van der Waals surface area contributed by atoms with E-state index in [2.05, 4.69) is 17.6 Å². The summed E-state index contributed by atoms with van der Waals surface area (Å²) in [6, 6.07) is -2.06. The molecule has 0 aromatic rings. The number of aliphatic carboxylic acids is 2. The molecule has 4 N–H and O–H groups in total. The van der Waals surface area contributed by atoms with Crippen LogP contribution in [0.3, 0.4) is 0 Å². The van der Waals surface area contributed by atoms with Crippen LogP contribution in [0.2, 0.25) is 0 Å². The number of hydrogen-bond acceptors (Lipinski definition) is 3. The zero-order valence-electron chi connectivity index (χ0n) is 10.4. The molecule has 0 spiro atoms. The normalized spacial score (nSPS) is 11.6. The minimum absolute atomic E-state index is 0.450. The number of unbranched alkanes of at least 4 members (excludes halogenated alkanes) is 3. The fourth-order valence-electron chi connectivity index (χ4n) is 1.34. The largest absolute Gasteiger partial charge is 0.481 e. The van der Waals surface area contributed by atoms with Crippen molar-refractivity contribution in [2.45, 2.75) is 45.1 Å². The van der Waals surface area contributed by atoms with Crippen molar-refractivity contribution >= 4 is 18.0 Å². The highest BCUT2D eigenvalue weighted by atomic mass is 16.4. The predicted octanol–water partition coefficient (Wildman–Crippen LogP) is 0.794. The highest BCUT2D eigenvalue weighted by molar-refractivity contribution is 5.86. The zero-order valence-corrected chi connectivity index (χ0v) is 10.4. The molecule has 1 atom stereocenters. The number of amides is 2. The van der Waals surface area contributed by atoms with Gasteiger partial charge >= 0.3 is 18.0 Å². The van der Waals surface area contributed by atoms with Crippen LogP contribution in [-0.2, 0) is 9.59 Å². The Hall–Kier alpha value is -1.79. The molecular formula is C11H20N2O5. The average Bonchev–Trinajstić information content (AvgIpc) is 2.27. The first-order valence-electron chi connectivity index (χ1n) is 5.96. The van der Waals surface area contributed by atoms with Gasteiger partial charge in [-0.1, -0.05) is 26.2 Å². The van der Waals surface area contributed by atoms with E-state index in [4.69, 9.17) is 10.2 Å². The van der Waals surface area contributed by atoms with E-state index in [0.717, 1.165) is 25.7 Å². The van der Waals surface area contributed by atoms with Crippen molar-refractivity contribution in [1.82, 2.24) is 10.6 Å². The van der Waals surface area contributed by atoms with Crippen LogP contribution >= 0.6 is 0 Å². The van der Waals surface area contributed by atoms with E-state index in [1.807, 2.05) is 0 Å². The number of urea groups is 1. The molecule has 0 bridgehead atoms. The smallest absolute Gasteiger partial charge is 0.326 e. The van der Waals surface area contributed by atoms with E-state index in [9.17, 15) is 14.4 Å². The van der Waals surface area contributed by atoms with Crippen molar-refractivity contribution in [3.63, 3.8) is 0 Å². The first-order chi connectivity index (χ1) is 8.47. The summed E-state index contributed by atoms with van der Waals surface area (Å²) in [5, 5.41) is 21.8. The highest BCUT2D eigenvalue weighted by Gasteiger charge is 2.22. The summed E-state index contributed by atoms with van der Waals surface area (Å²) in [5.41, 5.74) is 0. The number of carboxylic acids is 2. The second kappa shape index (κ2) is 9.26. The summed E-state index contributed by atoms with van der Waals surface area (Å²) < 4.78 is 0. The quantitative estimate of drug-likeness (QED) is 0.457. The van der Waals surface area contributed by atoms with Gasteiger partial charge in [0.05, 0.1) is 6.42 Å². The second-order valence-corrected chi connectivity index (χ2v) is 3.95. The van der Waals surface area contributed by atoms with Crippen LogP contribution in [0.5, 0.6) is 0 Å². The molecule has 0 aliphatic carbocycles. The van der Waals surface area contributed by atoms with Crippen molar-refractivity contribution in [3.05, 3.63) is 0 Å². The predicted molar refractivity (Wildman–Crippen MR) is 64.4 cm³/mol. The minimum Gasteiger partial charge on any atom is -0.481 e. The molecule has 104 valence electrons. The molecule has 18 heavy (non-hydrogen) atoms. The molecule has 0 heterocycles. The van der Waals surface area contributed by atoms with E-state index in [1.165, 1.54) is 0 Å². The molecule has 0 aromatic carbocycles. The van der Waals surface area contributed by atoms with Gasteiger partial charge < -0.3 is 20.8 Å². The molecule has 7 nitrogen and oxygen atoms in total. The van der Waals surface area contributed by atoms with Crippen molar-refractivity contribution in [1.29, 1.82) is 0 Å². The van der Waals surface area contributed by atoms with Crippen LogP contribution in [0, 0.1) is 0 Å². The lowest BCUT2D eigenvalue weighted by atomic mass is 10.2. The second-order valence-electron chi connectivity index (χ2n) is 3.95. The topological polar surface area (TPSA) is 116 Å². The van der Waals surface area contributed by atoms with Crippen molar-refractivity contribution < 1.29 is 24.6 Å². The number of carbonyl (C=O) groups is 3. The van der Waals surface area contributed by atoms with Gasteiger partial charge in [0.1, 0.15) is 6.04 Å². The Balaban J connectivity index is 3.88. The van der Waals surface area contributed by atoms with E-state index < -0.39 is 30.4 Å². The molecule has 0 aliphatic rings. The van der Waals surface area contributed by atoms with Crippen LogP contribution < -0.4 is 10.6 Å². The lowest BCUT2D eigenvalue weighted by Gasteiger charge is -2.13. The van der Waals surface area contributed by atoms with Crippen LogP contribution in [0.1, 0.15) is 39.0 Å². The monoisotopic (exact) mass is 260 g/mol. The maximum absolute atomic E-state index is 11.3. The molecule has 0 radical (unpaired) electrons. The minimum atomic E-state index is -1.40. The molecule has 7 heteroatoms. The van der Waals surface area contributed by atoms with Gasteiger partial charge in [0.25, 0.3) is 0 Å². The van der Waals surface area contributed by atoms with Crippen molar-refractivity contribution in [2.24, 2.45) is 0 Å². The SMILES string of the molecule is CCCCCCNC(=O)N[C@@H](CC(=O)O)C(=O)O. The van der Waals surface area contributed by atoms with Gasteiger partial charge in [0, 0.05) is 6.54 Å². The maximum Gasteiger partial charge on any atom is 0.326 e. The Bertz CT molecular complexity index is 293. The van der Waals surface area contributed by atoms with Crippen LogP contribution in [0.25, 0.3) is 0 Å². The van der Waals surface area contributed by atoms with Gasteiger partial charge in [-0.2, -0.15) is 0 Å². The van der Waals surface area contributed by atoms with Crippen LogP contribution in [-0.4, -0.2) is 40.8 Å². The Labute approximate surface area is 106 Å². The van der Waals surface area contributed by atoms with E-state index >= 15 is 0 Å². The summed E-state index contributed by atoms with van der Waals surface area (Å²) in [6.45, 7) is 2.52. The van der Waals surface area contributed by atoms with Crippen molar-refractivity contribution in [2.75, 3.05) is 6.54 Å². The summed E-state index contributed by atoms with van der Waals surface area (Å²) in [5.74, 6) is -2.64. The number of rotatable bonds is 9. The fraction of sp³-hybridized carbons (Fsp3) is 0.727. The third-order valence-corrected chi connectivity index (χ3v) is 2.30. The van der Waals surface area contributed by atoms with Gasteiger partial charge in [-0.05, 0) is 6.42 Å². The third-order valence-electron chi connectivity index (χ3n) is 2.30. The number of nitrogens with one attached hydrogen (secondary N) is 2. The number of hydrogen-bond donors (Lipinski definition) is 4. The number of carboxylic acid groups (broad SMARTS) is 2. The lowest BCUT2D eigenvalue weighted by Crippen LogP contribution is -2.47. The van der Waals surface area contributed by atoms with Gasteiger partial charge in [0.15, 0.2) is 0 Å². The Morgan fingerprint density at radius 2 is 1.78 bits per heavy atom. The molecule has 0 aromatic heterocycles. The molecule has 0 rings (SSSR count). The van der Waals surface area contributed by atoms with E-state index in [1.54, 1.807) is 0 Å². The summed E-state index contributed by atoms with van der Waals surface area (Å²) in [7, 11) is 0. The van der Waals surface area contributed by atoms with Crippen molar-refractivity contribution in [3.8, 4) is 0 Å². The van der Waals surface area contributed by atoms with Gasteiger partial charge in [-0.25, -0.2) is 9.59 Å². The standard InChI is InChI=1S/C11H20N2O5/c1-2-3-4-5-6-12-11(18)13-8(10(16)17)7-9(14)15/h8H,2-7H2,1H3,(H,14,15)(H,16,17)(H2,12,13,18)/t8-/m0/s1. The maximum atomic E-state index is 11.3. The molecule has 0 saturated carbocycles. The van der Waals surface area contributed by atoms with Gasteiger partial charge in [0.2, 0.25) is 0 Å². The molecule has 0 fully saturated rings. The summed E-state index contributed by atoms with van der Waals surface area (Å²) in [6.07, 6.45) is 3.34. The Morgan fingerprint density at radius 1 is 1.11 bits per heavy atom. The van der Waals surface area contributed by atoms with Gasteiger partial charge in [-0.15, -0.1) is 0 Å². The average molecular weight is 260 g/mol. The molecular weight excluding hydrogens is 240 g/mol. The Morgan fingerprint density at radius 3 is 2.28 bits per heavy atom. The first-order valence-corrected chi connectivity index (χ1v) is 5.96. The third kappa shape index (κ3) is 8.37. The molecule has 2 amide bonds. The molecule has 0 aliphatic heterocycles. The fourth-order valence-corrected chi connectivity index (χ4v) is 1.34. The molecule has 0 saturated heterocycles. The van der Waals surface area contributed by atoms with E-state index in [0.29, 0.717) is 6.54 Å². The summed E-state index contributed by atoms with van der Waals surface area (Å²) in [4.78, 5) is 32.4. The first kappa shape index (κ1) is 16.2.